The van der Waals surface area contributed by atoms with Crippen LogP contribution in [0.1, 0.15) is 0 Å². The van der Waals surface area contributed by atoms with E-state index in [1.807, 2.05) is 0 Å². The van der Waals surface area contributed by atoms with E-state index in [1.54, 1.807) is 6.07 Å². The van der Waals surface area contributed by atoms with Crippen LogP contribution in [0.3, 0.4) is 0 Å². The highest BCUT2D eigenvalue weighted by Crippen LogP contribution is 2.32. The van der Waals surface area contributed by atoms with Crippen LogP contribution in [0.25, 0.3) is 0 Å². The van der Waals surface area contributed by atoms with Crippen LogP contribution in [-0.4, -0.2) is 4.98 Å². The van der Waals surface area contributed by atoms with Gasteiger partial charge in [0.2, 0.25) is 0 Å². The molecule has 0 spiro atoms. The third-order valence-corrected chi connectivity index (χ3v) is 3.14. The van der Waals surface area contributed by atoms with Crippen molar-refractivity contribution in [1.82, 2.24) is 4.98 Å². The standard InChI is InChI=1S/C11H8Cl3FN4/c12-5-2-1-3-8(9(5)15)17-10-6(13)4-7(14)11(18-10)19-16/h1-4H,16H2,(H2,17,18,19). The summed E-state index contributed by atoms with van der Waals surface area (Å²) in [6.45, 7) is 0. The summed E-state index contributed by atoms with van der Waals surface area (Å²) < 4.78 is 13.7. The molecule has 100 valence electrons. The lowest BCUT2D eigenvalue weighted by molar-refractivity contribution is 0.632. The number of nitrogens with zero attached hydrogens (tertiary/aromatic N) is 1. The highest BCUT2D eigenvalue weighted by Gasteiger charge is 2.12. The minimum Gasteiger partial charge on any atom is -0.336 e. The van der Waals surface area contributed by atoms with Crippen molar-refractivity contribution in [3.8, 4) is 0 Å². The number of nitrogens with one attached hydrogen (secondary N) is 2. The van der Waals surface area contributed by atoms with E-state index in [4.69, 9.17) is 40.6 Å². The van der Waals surface area contributed by atoms with Gasteiger partial charge in [0.15, 0.2) is 17.5 Å². The number of aromatic nitrogens is 1. The Labute approximate surface area is 123 Å². The number of hydrazine groups is 1. The van der Waals surface area contributed by atoms with Crippen molar-refractivity contribution in [2.75, 3.05) is 10.7 Å². The lowest BCUT2D eigenvalue weighted by atomic mass is 10.3. The van der Waals surface area contributed by atoms with Gasteiger partial charge >= 0.3 is 0 Å². The van der Waals surface area contributed by atoms with Crippen LogP contribution in [0, 0.1) is 5.82 Å². The van der Waals surface area contributed by atoms with Crippen molar-refractivity contribution in [3.05, 3.63) is 45.2 Å². The van der Waals surface area contributed by atoms with Gasteiger partial charge in [-0.15, -0.1) is 0 Å². The van der Waals surface area contributed by atoms with Gasteiger partial charge in [-0.3, -0.25) is 0 Å². The summed E-state index contributed by atoms with van der Waals surface area (Å²) in [6, 6.07) is 5.98. The maximum atomic E-state index is 13.7. The molecule has 1 aromatic carbocycles. The van der Waals surface area contributed by atoms with Crippen molar-refractivity contribution >= 4 is 52.1 Å². The maximum Gasteiger partial charge on any atom is 0.165 e. The number of benzene rings is 1. The zero-order valence-electron chi connectivity index (χ0n) is 9.35. The Hall–Kier alpha value is -1.27. The molecule has 0 saturated carbocycles. The molecule has 1 aromatic heterocycles. The van der Waals surface area contributed by atoms with Crippen LogP contribution in [0.15, 0.2) is 24.3 Å². The summed E-state index contributed by atoms with van der Waals surface area (Å²) in [6.07, 6.45) is 0. The summed E-state index contributed by atoms with van der Waals surface area (Å²) in [5.74, 6) is 5.08. The number of anilines is 3. The first-order valence-electron chi connectivity index (χ1n) is 5.06. The first-order valence-corrected chi connectivity index (χ1v) is 6.20. The Bertz CT molecular complexity index is 621. The zero-order chi connectivity index (χ0) is 14.0. The quantitative estimate of drug-likeness (QED) is 0.585. The Balaban J connectivity index is 2.41. The first kappa shape index (κ1) is 14.1. The highest BCUT2D eigenvalue weighted by molar-refractivity contribution is 6.37. The second-order valence-electron chi connectivity index (χ2n) is 3.52. The van der Waals surface area contributed by atoms with Gasteiger partial charge in [-0.1, -0.05) is 40.9 Å². The van der Waals surface area contributed by atoms with Gasteiger partial charge in [-0.2, -0.15) is 0 Å². The molecular formula is C11H8Cl3FN4. The third kappa shape index (κ3) is 3.01. The predicted octanol–water partition coefficient (Wildman–Crippen LogP) is 4.21. The Morgan fingerprint density at radius 3 is 2.42 bits per heavy atom. The van der Waals surface area contributed by atoms with Gasteiger partial charge in [0.1, 0.15) is 0 Å². The molecule has 0 bridgehead atoms. The van der Waals surface area contributed by atoms with Crippen molar-refractivity contribution in [3.63, 3.8) is 0 Å². The van der Waals surface area contributed by atoms with Crippen LogP contribution >= 0.6 is 34.8 Å². The van der Waals surface area contributed by atoms with E-state index in [1.165, 1.54) is 18.2 Å². The maximum absolute atomic E-state index is 13.7. The van der Waals surface area contributed by atoms with Crippen LogP contribution in [-0.2, 0) is 0 Å². The summed E-state index contributed by atoms with van der Waals surface area (Å²) in [4.78, 5) is 4.04. The molecule has 0 saturated heterocycles. The minimum atomic E-state index is -0.598. The van der Waals surface area contributed by atoms with E-state index < -0.39 is 5.82 Å². The first-order chi connectivity index (χ1) is 9.02. The largest absolute Gasteiger partial charge is 0.336 e. The summed E-state index contributed by atoms with van der Waals surface area (Å²) in [5, 5.41) is 3.20. The molecule has 4 nitrogen and oxygen atoms in total. The fraction of sp³-hybridized carbons (Fsp3) is 0. The average molecular weight is 322 g/mol. The van der Waals surface area contributed by atoms with Crippen molar-refractivity contribution < 1.29 is 4.39 Å². The molecule has 0 amide bonds. The molecule has 0 fully saturated rings. The number of hydrogen-bond donors (Lipinski definition) is 3. The van der Waals surface area contributed by atoms with Gasteiger partial charge < -0.3 is 10.7 Å². The summed E-state index contributed by atoms with van der Waals surface area (Å²) >= 11 is 17.5. The molecule has 4 N–H and O–H groups in total. The fourth-order valence-corrected chi connectivity index (χ4v) is 2.02. The van der Waals surface area contributed by atoms with E-state index in [2.05, 4.69) is 15.7 Å². The lowest BCUT2D eigenvalue weighted by Gasteiger charge is -2.11. The molecule has 19 heavy (non-hydrogen) atoms. The highest BCUT2D eigenvalue weighted by atomic mass is 35.5. The SMILES string of the molecule is NNc1nc(Nc2cccc(Cl)c2F)c(Cl)cc1Cl. The van der Waals surface area contributed by atoms with Gasteiger partial charge in [0.25, 0.3) is 0 Å². The van der Waals surface area contributed by atoms with Crippen molar-refractivity contribution in [2.45, 2.75) is 0 Å². The summed E-state index contributed by atoms with van der Waals surface area (Å²) in [7, 11) is 0. The summed E-state index contributed by atoms with van der Waals surface area (Å²) in [5.41, 5.74) is 2.46. The Morgan fingerprint density at radius 2 is 1.74 bits per heavy atom. The van der Waals surface area contributed by atoms with E-state index in [-0.39, 0.29) is 32.4 Å². The van der Waals surface area contributed by atoms with Gasteiger partial charge in [0.05, 0.1) is 20.8 Å². The minimum absolute atomic E-state index is 0.00717. The fourth-order valence-electron chi connectivity index (χ4n) is 1.38. The van der Waals surface area contributed by atoms with Gasteiger partial charge in [-0.25, -0.2) is 15.2 Å². The van der Waals surface area contributed by atoms with Crippen LogP contribution in [0.2, 0.25) is 15.1 Å². The number of nitrogens with two attached hydrogens (primary N) is 1. The molecule has 0 atom stereocenters. The van der Waals surface area contributed by atoms with Crippen molar-refractivity contribution in [2.24, 2.45) is 5.84 Å². The van der Waals surface area contributed by atoms with Crippen LogP contribution < -0.4 is 16.6 Å². The second kappa shape index (κ2) is 5.79. The average Bonchev–Trinajstić information content (AvgIpc) is 2.38. The molecule has 0 aliphatic rings. The molecule has 0 unspecified atom stereocenters. The number of rotatable bonds is 3. The normalized spacial score (nSPS) is 10.4. The van der Waals surface area contributed by atoms with E-state index in [0.29, 0.717) is 0 Å². The molecule has 0 aliphatic heterocycles. The molecule has 1 heterocycles. The number of pyridine rings is 1. The van der Waals surface area contributed by atoms with Gasteiger partial charge in [-0.05, 0) is 18.2 Å². The number of hydrogen-bond acceptors (Lipinski definition) is 4. The smallest absolute Gasteiger partial charge is 0.165 e. The van der Waals surface area contributed by atoms with Crippen molar-refractivity contribution in [1.29, 1.82) is 0 Å². The Kier molecular flexibility index (Phi) is 4.31. The molecule has 2 rings (SSSR count). The monoisotopic (exact) mass is 320 g/mol. The number of halogens is 4. The topological polar surface area (TPSA) is 63.0 Å². The Morgan fingerprint density at radius 1 is 1.05 bits per heavy atom. The third-order valence-electron chi connectivity index (χ3n) is 2.27. The molecule has 0 radical (unpaired) electrons. The van der Waals surface area contributed by atoms with E-state index in [0.717, 1.165) is 0 Å². The van der Waals surface area contributed by atoms with Gasteiger partial charge in [0, 0.05) is 0 Å². The van der Waals surface area contributed by atoms with E-state index in [9.17, 15) is 4.39 Å². The molecular weight excluding hydrogens is 314 g/mol. The van der Waals surface area contributed by atoms with Crippen LogP contribution in [0.5, 0.6) is 0 Å². The lowest BCUT2D eigenvalue weighted by Crippen LogP contribution is -2.10. The molecule has 8 heteroatoms. The molecule has 2 aromatic rings. The van der Waals surface area contributed by atoms with Crippen LogP contribution in [0.4, 0.5) is 21.7 Å². The zero-order valence-corrected chi connectivity index (χ0v) is 11.6. The predicted molar refractivity (Wildman–Crippen MR) is 76.8 cm³/mol. The number of nitrogen functional groups attached to an aromatic ring is 1. The molecule has 0 aliphatic carbocycles. The van der Waals surface area contributed by atoms with E-state index >= 15 is 0 Å². The second-order valence-corrected chi connectivity index (χ2v) is 4.74.